The van der Waals surface area contributed by atoms with Crippen molar-refractivity contribution in [3.05, 3.63) is 29.6 Å². The highest BCUT2D eigenvalue weighted by molar-refractivity contribution is 6.21. The summed E-state index contributed by atoms with van der Waals surface area (Å²) in [4.78, 5) is 0. The molecule has 2 unspecified atom stereocenters. The van der Waals surface area contributed by atoms with Crippen LogP contribution in [0.25, 0.3) is 0 Å². The van der Waals surface area contributed by atoms with E-state index in [9.17, 15) is 4.39 Å². The van der Waals surface area contributed by atoms with E-state index < -0.39 is 0 Å². The molecule has 1 nitrogen and oxygen atoms in total. The van der Waals surface area contributed by atoms with E-state index in [0.717, 1.165) is 19.3 Å². The molecule has 2 saturated carbocycles. The Kier molecular flexibility index (Phi) is 3.01. The van der Waals surface area contributed by atoms with Crippen LogP contribution < -0.4 is 4.74 Å². The van der Waals surface area contributed by atoms with Crippen LogP contribution in [0.2, 0.25) is 0 Å². The highest BCUT2D eigenvalue weighted by Gasteiger charge is 2.56. The van der Waals surface area contributed by atoms with Gasteiger partial charge in [-0.1, -0.05) is 18.9 Å². The van der Waals surface area contributed by atoms with E-state index in [1.807, 2.05) is 6.07 Å². The molecule has 3 rings (SSSR count). The maximum atomic E-state index is 13.5. The maximum Gasteiger partial charge on any atom is 0.129 e. The summed E-state index contributed by atoms with van der Waals surface area (Å²) in [6, 6.07) is 5.10. The quantitative estimate of drug-likeness (QED) is 0.720. The lowest BCUT2D eigenvalue weighted by atomic mass is 9.64. The average molecular weight is 269 g/mol. The summed E-state index contributed by atoms with van der Waals surface area (Å²) in [5.41, 5.74) is 0.810. The van der Waals surface area contributed by atoms with Crippen molar-refractivity contribution in [2.45, 2.75) is 50.5 Å². The number of benzene rings is 1. The Morgan fingerprint density at radius 2 is 2.06 bits per heavy atom. The average Bonchev–Trinajstić information content (AvgIpc) is 2.85. The number of halogens is 2. The number of hydrogen-bond acceptors (Lipinski definition) is 1. The molecule has 1 spiro atoms. The van der Waals surface area contributed by atoms with Crippen LogP contribution in [0.3, 0.4) is 0 Å². The first kappa shape index (κ1) is 12.3. The first-order valence-corrected chi connectivity index (χ1v) is 7.12. The second kappa shape index (κ2) is 4.41. The molecular formula is C15H18ClFO. The minimum Gasteiger partial charge on any atom is -0.490 e. The summed E-state index contributed by atoms with van der Waals surface area (Å²) in [5, 5.41) is 0.236. The molecule has 2 aliphatic rings. The van der Waals surface area contributed by atoms with Gasteiger partial charge in [-0.25, -0.2) is 4.39 Å². The summed E-state index contributed by atoms with van der Waals surface area (Å²) in [7, 11) is 0. The molecule has 2 fully saturated rings. The Hall–Kier alpha value is -0.760. The molecular weight excluding hydrogens is 251 g/mol. The van der Waals surface area contributed by atoms with E-state index >= 15 is 0 Å². The molecule has 0 aromatic heterocycles. The third kappa shape index (κ3) is 1.82. The first-order chi connectivity index (χ1) is 8.62. The van der Waals surface area contributed by atoms with Gasteiger partial charge in [0, 0.05) is 23.3 Å². The number of aryl methyl sites for hydroxylation is 1. The van der Waals surface area contributed by atoms with Crippen molar-refractivity contribution in [1.29, 1.82) is 0 Å². The molecule has 2 atom stereocenters. The van der Waals surface area contributed by atoms with Gasteiger partial charge in [-0.2, -0.15) is 0 Å². The summed E-state index contributed by atoms with van der Waals surface area (Å²) in [6.07, 6.45) is 5.85. The highest BCUT2D eigenvalue weighted by atomic mass is 35.5. The SMILES string of the molecule is Cc1ccc(OC2CC(Cl)C23CCCC3)cc1F. The largest absolute Gasteiger partial charge is 0.490 e. The normalized spacial score (nSPS) is 29.3. The van der Waals surface area contributed by atoms with Gasteiger partial charge in [0.05, 0.1) is 0 Å². The van der Waals surface area contributed by atoms with Gasteiger partial charge in [0.2, 0.25) is 0 Å². The number of ether oxygens (including phenoxy) is 1. The van der Waals surface area contributed by atoms with Crippen LogP contribution in [-0.2, 0) is 0 Å². The Morgan fingerprint density at radius 1 is 1.33 bits per heavy atom. The molecule has 0 radical (unpaired) electrons. The molecule has 0 heterocycles. The van der Waals surface area contributed by atoms with Crippen LogP contribution in [0.15, 0.2) is 18.2 Å². The van der Waals surface area contributed by atoms with Gasteiger partial charge < -0.3 is 4.74 Å². The lowest BCUT2D eigenvalue weighted by Gasteiger charge is -2.50. The van der Waals surface area contributed by atoms with E-state index in [2.05, 4.69) is 0 Å². The van der Waals surface area contributed by atoms with Crippen LogP contribution in [0.1, 0.15) is 37.7 Å². The minimum absolute atomic E-state index is 0.156. The van der Waals surface area contributed by atoms with Crippen LogP contribution in [0.4, 0.5) is 4.39 Å². The third-order valence-electron chi connectivity index (χ3n) is 4.64. The van der Waals surface area contributed by atoms with Crippen molar-refractivity contribution in [2.75, 3.05) is 0 Å². The van der Waals surface area contributed by atoms with Crippen molar-refractivity contribution in [2.24, 2.45) is 5.41 Å². The standard InChI is InChI=1S/C15H18ClFO/c1-10-4-5-11(8-12(10)17)18-14-9-13(16)15(14)6-2-3-7-15/h4-5,8,13-14H,2-3,6-7,9H2,1H3. The van der Waals surface area contributed by atoms with Crippen molar-refractivity contribution in [1.82, 2.24) is 0 Å². The topological polar surface area (TPSA) is 9.23 Å². The van der Waals surface area contributed by atoms with Gasteiger partial charge in [0.25, 0.3) is 0 Å². The molecule has 18 heavy (non-hydrogen) atoms. The monoisotopic (exact) mass is 268 g/mol. The Morgan fingerprint density at radius 3 is 2.67 bits per heavy atom. The summed E-state index contributed by atoms with van der Waals surface area (Å²) < 4.78 is 19.5. The van der Waals surface area contributed by atoms with Crippen LogP contribution in [0, 0.1) is 18.2 Å². The van der Waals surface area contributed by atoms with Crippen LogP contribution >= 0.6 is 11.6 Å². The minimum atomic E-state index is -0.199. The van der Waals surface area contributed by atoms with Gasteiger partial charge in [-0.3, -0.25) is 0 Å². The molecule has 0 amide bonds. The number of alkyl halides is 1. The zero-order valence-corrected chi connectivity index (χ0v) is 11.3. The molecule has 98 valence electrons. The van der Waals surface area contributed by atoms with Gasteiger partial charge in [0.15, 0.2) is 0 Å². The fraction of sp³-hybridized carbons (Fsp3) is 0.600. The lowest BCUT2D eigenvalue weighted by molar-refractivity contribution is -0.0356. The molecule has 1 aromatic rings. The summed E-state index contributed by atoms with van der Waals surface area (Å²) >= 11 is 6.38. The fourth-order valence-electron chi connectivity index (χ4n) is 3.34. The fourth-order valence-corrected chi connectivity index (χ4v) is 3.86. The van der Waals surface area contributed by atoms with Gasteiger partial charge in [-0.15, -0.1) is 11.6 Å². The zero-order chi connectivity index (χ0) is 12.8. The van der Waals surface area contributed by atoms with Crippen LogP contribution in [-0.4, -0.2) is 11.5 Å². The third-order valence-corrected chi connectivity index (χ3v) is 5.25. The molecule has 3 heteroatoms. The zero-order valence-electron chi connectivity index (χ0n) is 10.6. The van der Waals surface area contributed by atoms with E-state index in [4.69, 9.17) is 16.3 Å². The van der Waals surface area contributed by atoms with Crippen molar-refractivity contribution < 1.29 is 9.13 Å². The maximum absolute atomic E-state index is 13.5. The Labute approximate surface area is 112 Å². The second-order valence-corrected chi connectivity index (χ2v) is 6.19. The predicted molar refractivity (Wildman–Crippen MR) is 70.7 cm³/mol. The lowest BCUT2D eigenvalue weighted by Crippen LogP contribution is -2.55. The van der Waals surface area contributed by atoms with E-state index in [0.29, 0.717) is 11.3 Å². The first-order valence-electron chi connectivity index (χ1n) is 6.69. The van der Waals surface area contributed by atoms with E-state index in [1.54, 1.807) is 13.0 Å². The van der Waals surface area contributed by atoms with Gasteiger partial charge in [0.1, 0.15) is 17.7 Å². The summed E-state index contributed by atoms with van der Waals surface area (Å²) in [5.74, 6) is 0.438. The van der Waals surface area contributed by atoms with E-state index in [-0.39, 0.29) is 22.7 Å². The second-order valence-electron chi connectivity index (χ2n) is 5.66. The van der Waals surface area contributed by atoms with Crippen LogP contribution in [0.5, 0.6) is 5.75 Å². The molecule has 1 aromatic carbocycles. The predicted octanol–water partition coefficient (Wildman–Crippen LogP) is 4.45. The van der Waals surface area contributed by atoms with Crippen molar-refractivity contribution in [3.63, 3.8) is 0 Å². The van der Waals surface area contributed by atoms with Gasteiger partial charge in [-0.05, 0) is 31.4 Å². The smallest absolute Gasteiger partial charge is 0.129 e. The summed E-state index contributed by atoms with van der Waals surface area (Å²) in [6.45, 7) is 1.76. The van der Waals surface area contributed by atoms with Crippen molar-refractivity contribution in [3.8, 4) is 5.75 Å². The molecule has 0 bridgehead atoms. The number of hydrogen-bond donors (Lipinski definition) is 0. The molecule has 0 saturated heterocycles. The van der Waals surface area contributed by atoms with Crippen molar-refractivity contribution >= 4 is 11.6 Å². The van der Waals surface area contributed by atoms with E-state index in [1.165, 1.54) is 18.9 Å². The highest BCUT2D eigenvalue weighted by Crippen LogP contribution is 2.57. The van der Waals surface area contributed by atoms with Gasteiger partial charge >= 0.3 is 0 Å². The number of rotatable bonds is 2. The molecule has 0 aliphatic heterocycles. The molecule has 0 N–H and O–H groups in total. The Bertz CT molecular complexity index is 454. The molecule has 2 aliphatic carbocycles. The Balaban J connectivity index is 1.75.